The number of nitrogens with zero attached hydrogens (tertiary/aromatic N) is 3. The van der Waals surface area contributed by atoms with Gasteiger partial charge in [0, 0.05) is 11.6 Å². The van der Waals surface area contributed by atoms with Crippen LogP contribution in [0.2, 0.25) is 0 Å². The molecule has 0 bridgehead atoms. The summed E-state index contributed by atoms with van der Waals surface area (Å²) < 4.78 is 4.67. The molecule has 2 aromatic rings. The zero-order chi connectivity index (χ0) is 15.1. The summed E-state index contributed by atoms with van der Waals surface area (Å²) >= 11 is 5.09. The Morgan fingerprint density at radius 3 is 2.05 bits per heavy atom. The smallest absolute Gasteiger partial charge is 0.404 e. The van der Waals surface area contributed by atoms with E-state index >= 15 is 0 Å². The molecule has 0 radical (unpaired) electrons. The van der Waals surface area contributed by atoms with E-state index in [1.165, 1.54) is 0 Å². The second-order valence-electron chi connectivity index (χ2n) is 4.02. The lowest BCUT2D eigenvalue weighted by Crippen LogP contribution is -1.93. The van der Waals surface area contributed by atoms with E-state index in [1.807, 2.05) is 0 Å². The molecule has 6 heteroatoms. The molecule has 104 valence electrons. The van der Waals surface area contributed by atoms with Gasteiger partial charge in [0.05, 0.1) is 17.9 Å². The Balaban J connectivity index is 2.00. The minimum absolute atomic E-state index is 0.123. The van der Waals surface area contributed by atoms with Crippen LogP contribution in [0, 0.1) is 6.57 Å². The molecule has 0 atom stereocenters. The van der Waals surface area contributed by atoms with Crippen LogP contribution in [0.5, 0.6) is 0 Å². The van der Waals surface area contributed by atoms with Gasteiger partial charge in [0.2, 0.25) is 0 Å². The van der Waals surface area contributed by atoms with Crippen LogP contribution < -0.4 is 0 Å². The van der Waals surface area contributed by atoms with Gasteiger partial charge < -0.3 is 4.74 Å². The fourth-order valence-electron chi connectivity index (χ4n) is 1.51. The molecule has 0 saturated carbocycles. The first-order valence-electron chi connectivity index (χ1n) is 5.98. The molecular weight excluding hydrogens is 290 g/mol. The van der Waals surface area contributed by atoms with Crippen LogP contribution >= 0.6 is 11.6 Å². The van der Waals surface area contributed by atoms with Crippen molar-refractivity contribution in [2.45, 2.75) is 6.61 Å². The van der Waals surface area contributed by atoms with Gasteiger partial charge in [0.25, 0.3) is 0 Å². The van der Waals surface area contributed by atoms with Crippen molar-refractivity contribution < 1.29 is 9.53 Å². The van der Waals surface area contributed by atoms with Crippen molar-refractivity contribution in [3.05, 3.63) is 65.5 Å². The largest absolute Gasteiger partial charge is 0.449 e. The summed E-state index contributed by atoms with van der Waals surface area (Å²) in [5, 5.41) is 8.15. The first-order valence-corrected chi connectivity index (χ1v) is 6.35. The summed E-state index contributed by atoms with van der Waals surface area (Å²) in [5.41, 5.74) is 1.88. The molecule has 0 N–H and O–H groups in total. The van der Waals surface area contributed by atoms with Gasteiger partial charge in [-0.2, -0.15) is 10.2 Å². The third kappa shape index (κ3) is 4.71. The SMILES string of the molecule is [C-]#[N+]c1ccc(N=Nc2ccc(COC(=O)Cl)cc2)cc1. The Kier molecular flexibility index (Phi) is 5.02. The van der Waals surface area contributed by atoms with E-state index < -0.39 is 5.43 Å². The van der Waals surface area contributed by atoms with E-state index in [-0.39, 0.29) is 6.61 Å². The highest BCUT2D eigenvalue weighted by atomic mass is 35.5. The quantitative estimate of drug-likeness (QED) is 0.423. The van der Waals surface area contributed by atoms with Gasteiger partial charge in [-0.15, -0.1) is 0 Å². The van der Waals surface area contributed by atoms with Crippen LogP contribution in [-0.4, -0.2) is 5.43 Å². The molecule has 0 aliphatic rings. The van der Waals surface area contributed by atoms with Gasteiger partial charge in [-0.25, -0.2) is 9.64 Å². The van der Waals surface area contributed by atoms with E-state index in [1.54, 1.807) is 48.5 Å². The van der Waals surface area contributed by atoms with Gasteiger partial charge in [-0.05, 0) is 29.8 Å². The van der Waals surface area contributed by atoms with Crippen LogP contribution in [0.25, 0.3) is 4.85 Å². The molecule has 0 amide bonds. The van der Waals surface area contributed by atoms with Crippen LogP contribution in [-0.2, 0) is 11.3 Å². The van der Waals surface area contributed by atoms with Crippen LogP contribution in [0.4, 0.5) is 21.9 Å². The van der Waals surface area contributed by atoms with Crippen molar-refractivity contribution in [3.63, 3.8) is 0 Å². The Labute approximate surface area is 126 Å². The molecule has 2 aromatic carbocycles. The molecule has 2 rings (SSSR count). The van der Waals surface area contributed by atoms with Crippen molar-refractivity contribution in [3.8, 4) is 0 Å². The standard InChI is InChI=1S/C15H10ClN3O2/c1-17-12-6-8-14(9-7-12)19-18-13-4-2-11(3-5-13)10-21-15(16)20/h2-9H,10H2. The third-order valence-electron chi connectivity index (χ3n) is 2.55. The molecule has 0 heterocycles. The molecule has 0 aromatic heterocycles. The number of carbonyl (C=O) groups excluding carboxylic acids is 1. The summed E-state index contributed by atoms with van der Waals surface area (Å²) in [7, 11) is 0. The molecule has 5 nitrogen and oxygen atoms in total. The molecule has 0 spiro atoms. The van der Waals surface area contributed by atoms with Crippen molar-refractivity contribution in [1.29, 1.82) is 0 Å². The second kappa shape index (κ2) is 7.17. The average Bonchev–Trinajstić information content (AvgIpc) is 2.52. The van der Waals surface area contributed by atoms with E-state index in [4.69, 9.17) is 18.2 Å². The lowest BCUT2D eigenvalue weighted by atomic mass is 10.2. The van der Waals surface area contributed by atoms with Gasteiger partial charge in [0.1, 0.15) is 6.61 Å². The molecule has 0 aliphatic heterocycles. The summed E-state index contributed by atoms with van der Waals surface area (Å²) in [4.78, 5) is 13.8. The fraction of sp³-hybridized carbons (Fsp3) is 0.0667. The van der Waals surface area contributed by atoms with Gasteiger partial charge in [0.15, 0.2) is 5.69 Å². The first kappa shape index (κ1) is 14.7. The third-order valence-corrected chi connectivity index (χ3v) is 2.66. The zero-order valence-corrected chi connectivity index (χ0v) is 11.6. The minimum Gasteiger partial charge on any atom is -0.449 e. The lowest BCUT2D eigenvalue weighted by molar-refractivity contribution is 0.167. The number of halogens is 1. The fourth-order valence-corrected chi connectivity index (χ4v) is 1.56. The van der Waals surface area contributed by atoms with Gasteiger partial charge >= 0.3 is 5.43 Å². The van der Waals surface area contributed by atoms with E-state index in [0.29, 0.717) is 17.1 Å². The number of hydrogen-bond acceptors (Lipinski definition) is 4. The summed E-state index contributed by atoms with van der Waals surface area (Å²) in [6, 6.07) is 13.9. The van der Waals surface area contributed by atoms with Crippen molar-refractivity contribution in [2.75, 3.05) is 0 Å². The predicted octanol–water partition coefficient (Wildman–Crippen LogP) is 5.53. The summed E-state index contributed by atoms with van der Waals surface area (Å²) in [5.74, 6) is 0. The normalized spacial score (nSPS) is 10.3. The molecule has 0 saturated heterocycles. The Bertz CT molecular complexity index is 688. The Morgan fingerprint density at radius 1 is 1.05 bits per heavy atom. The van der Waals surface area contributed by atoms with E-state index in [0.717, 1.165) is 5.56 Å². The first-order chi connectivity index (χ1) is 10.2. The van der Waals surface area contributed by atoms with E-state index in [9.17, 15) is 4.79 Å². The summed E-state index contributed by atoms with van der Waals surface area (Å²) in [6.07, 6.45) is 0. The molecule has 21 heavy (non-hydrogen) atoms. The number of azo groups is 1. The number of ether oxygens (including phenoxy) is 1. The highest BCUT2D eigenvalue weighted by molar-refractivity contribution is 6.61. The number of hydrogen-bond donors (Lipinski definition) is 0. The minimum atomic E-state index is -0.832. The van der Waals surface area contributed by atoms with Crippen molar-refractivity contribution in [2.24, 2.45) is 10.2 Å². The van der Waals surface area contributed by atoms with Crippen LogP contribution in [0.3, 0.4) is 0 Å². The van der Waals surface area contributed by atoms with Gasteiger partial charge in [-0.3, -0.25) is 0 Å². The molecular formula is C15H10ClN3O2. The molecule has 0 unspecified atom stereocenters. The maximum absolute atomic E-state index is 10.5. The van der Waals surface area contributed by atoms with Crippen LogP contribution in [0.1, 0.15) is 5.56 Å². The number of carbonyl (C=O) groups is 1. The van der Waals surface area contributed by atoms with Crippen molar-refractivity contribution in [1.82, 2.24) is 0 Å². The maximum Gasteiger partial charge on any atom is 0.404 e. The Morgan fingerprint density at radius 2 is 1.57 bits per heavy atom. The maximum atomic E-state index is 10.5. The predicted molar refractivity (Wildman–Crippen MR) is 79.4 cm³/mol. The van der Waals surface area contributed by atoms with Crippen LogP contribution in [0.15, 0.2) is 58.8 Å². The Hall–Kier alpha value is -2.71. The molecule has 0 aliphatic carbocycles. The highest BCUT2D eigenvalue weighted by Crippen LogP contribution is 2.21. The summed E-state index contributed by atoms with van der Waals surface area (Å²) in [6.45, 7) is 6.99. The molecule has 0 fully saturated rings. The highest BCUT2D eigenvalue weighted by Gasteiger charge is 1.98. The number of rotatable bonds is 4. The van der Waals surface area contributed by atoms with Crippen molar-refractivity contribution >= 4 is 34.1 Å². The topological polar surface area (TPSA) is 55.4 Å². The zero-order valence-electron chi connectivity index (χ0n) is 10.9. The van der Waals surface area contributed by atoms with Gasteiger partial charge in [-0.1, -0.05) is 24.3 Å². The lowest BCUT2D eigenvalue weighted by Gasteiger charge is -2.00. The average molecular weight is 300 g/mol. The number of benzene rings is 2. The second-order valence-corrected chi connectivity index (χ2v) is 4.33. The monoisotopic (exact) mass is 299 g/mol. The van der Waals surface area contributed by atoms with E-state index in [2.05, 4.69) is 19.8 Å².